The van der Waals surface area contributed by atoms with Crippen LogP contribution >= 0.6 is 11.6 Å². The Morgan fingerprint density at radius 3 is 2.80 bits per heavy atom. The number of hydrogen-bond acceptors (Lipinski definition) is 3. The number of rotatable bonds is 3. The zero-order valence-corrected chi connectivity index (χ0v) is 8.82. The van der Waals surface area contributed by atoms with Gasteiger partial charge in [0.05, 0.1) is 0 Å². The van der Waals surface area contributed by atoms with Crippen LogP contribution in [0.1, 0.15) is 12.5 Å². The number of benzene rings is 1. The second kappa shape index (κ2) is 4.79. The Kier molecular flexibility index (Phi) is 3.68. The molecule has 0 saturated carbocycles. The number of hydrogen-bond donors (Lipinski definition) is 2. The topological polar surface area (TPSA) is 69.9 Å². The van der Waals surface area contributed by atoms with Crippen molar-refractivity contribution in [2.24, 2.45) is 4.99 Å². The van der Waals surface area contributed by atoms with Crippen molar-refractivity contribution in [1.82, 2.24) is 0 Å². The SMILES string of the molecule is CC(=NCC(=O)O)c1cc(Cl)ccc1O. The van der Waals surface area contributed by atoms with Crippen molar-refractivity contribution >= 4 is 23.3 Å². The second-order valence-corrected chi connectivity index (χ2v) is 3.39. The lowest BCUT2D eigenvalue weighted by molar-refractivity contribution is -0.135. The maximum Gasteiger partial charge on any atom is 0.325 e. The van der Waals surface area contributed by atoms with Crippen LogP contribution < -0.4 is 0 Å². The molecule has 0 aliphatic carbocycles. The first-order valence-corrected chi connectivity index (χ1v) is 4.60. The molecule has 0 radical (unpaired) electrons. The van der Waals surface area contributed by atoms with Crippen molar-refractivity contribution in [3.05, 3.63) is 28.8 Å². The normalized spacial score (nSPS) is 11.5. The van der Waals surface area contributed by atoms with E-state index in [4.69, 9.17) is 16.7 Å². The summed E-state index contributed by atoms with van der Waals surface area (Å²) in [4.78, 5) is 14.1. The number of carboxylic acids is 1. The summed E-state index contributed by atoms with van der Waals surface area (Å²) >= 11 is 5.74. The van der Waals surface area contributed by atoms with E-state index in [-0.39, 0.29) is 12.3 Å². The van der Waals surface area contributed by atoms with Crippen LogP contribution in [0.5, 0.6) is 5.75 Å². The Balaban J connectivity index is 2.99. The molecule has 0 aromatic heterocycles. The standard InChI is InChI=1S/C10H10ClNO3/c1-6(12-5-10(14)15)8-4-7(11)2-3-9(8)13/h2-4,13H,5H2,1H3,(H,14,15). The van der Waals surface area contributed by atoms with Gasteiger partial charge in [-0.2, -0.15) is 0 Å². The van der Waals surface area contributed by atoms with Crippen molar-refractivity contribution in [2.75, 3.05) is 6.54 Å². The minimum absolute atomic E-state index is 0.0334. The molecule has 2 N–H and O–H groups in total. The highest BCUT2D eigenvalue weighted by atomic mass is 35.5. The Bertz CT molecular complexity index is 415. The number of aliphatic imine (C=N–C) groups is 1. The second-order valence-electron chi connectivity index (χ2n) is 2.96. The van der Waals surface area contributed by atoms with Crippen LogP contribution in [0.15, 0.2) is 23.2 Å². The third-order valence-electron chi connectivity index (χ3n) is 1.80. The Labute approximate surface area is 91.8 Å². The van der Waals surface area contributed by atoms with E-state index in [0.717, 1.165) is 0 Å². The first kappa shape index (κ1) is 11.5. The van der Waals surface area contributed by atoms with Gasteiger partial charge in [-0.1, -0.05) is 11.6 Å². The molecule has 0 bridgehead atoms. The largest absolute Gasteiger partial charge is 0.507 e. The highest BCUT2D eigenvalue weighted by molar-refractivity contribution is 6.31. The van der Waals surface area contributed by atoms with E-state index in [2.05, 4.69) is 4.99 Å². The fourth-order valence-corrected chi connectivity index (χ4v) is 1.24. The number of aliphatic carboxylic acids is 1. The summed E-state index contributed by atoms with van der Waals surface area (Å²) in [6.45, 7) is 1.30. The molecule has 0 heterocycles. The van der Waals surface area contributed by atoms with E-state index in [9.17, 15) is 9.90 Å². The van der Waals surface area contributed by atoms with E-state index < -0.39 is 5.97 Å². The van der Waals surface area contributed by atoms with Gasteiger partial charge in [0.25, 0.3) is 0 Å². The number of carboxylic acid groups (broad SMARTS) is 1. The lowest BCUT2D eigenvalue weighted by Gasteiger charge is -2.04. The Morgan fingerprint density at radius 2 is 2.20 bits per heavy atom. The van der Waals surface area contributed by atoms with Gasteiger partial charge in [0.1, 0.15) is 12.3 Å². The maximum atomic E-state index is 10.3. The molecule has 0 aliphatic rings. The molecule has 0 saturated heterocycles. The highest BCUT2D eigenvalue weighted by Crippen LogP contribution is 2.22. The van der Waals surface area contributed by atoms with Gasteiger partial charge >= 0.3 is 5.97 Å². The average molecular weight is 228 g/mol. The third-order valence-corrected chi connectivity index (χ3v) is 2.03. The molecule has 0 unspecified atom stereocenters. The fraction of sp³-hybridized carbons (Fsp3) is 0.200. The van der Waals surface area contributed by atoms with Crippen molar-refractivity contribution < 1.29 is 15.0 Å². The first-order chi connectivity index (χ1) is 7.00. The maximum absolute atomic E-state index is 10.3. The molecule has 0 spiro atoms. The summed E-state index contributed by atoms with van der Waals surface area (Å²) < 4.78 is 0. The number of aromatic hydroxyl groups is 1. The quantitative estimate of drug-likeness (QED) is 0.776. The van der Waals surface area contributed by atoms with Crippen LogP contribution in [-0.4, -0.2) is 28.4 Å². The summed E-state index contributed by atoms with van der Waals surface area (Å²) in [7, 11) is 0. The lowest BCUT2D eigenvalue weighted by atomic mass is 10.1. The van der Waals surface area contributed by atoms with E-state index in [1.807, 2.05) is 0 Å². The molecule has 0 fully saturated rings. The minimum Gasteiger partial charge on any atom is -0.507 e. The molecule has 4 nitrogen and oxygen atoms in total. The molecule has 0 amide bonds. The molecule has 1 rings (SSSR count). The number of halogens is 1. The van der Waals surface area contributed by atoms with Gasteiger partial charge in [-0.25, -0.2) is 0 Å². The summed E-state index contributed by atoms with van der Waals surface area (Å²) in [5.74, 6) is -0.984. The number of phenols is 1. The van der Waals surface area contributed by atoms with Crippen LogP contribution in [0, 0.1) is 0 Å². The van der Waals surface area contributed by atoms with Gasteiger partial charge in [-0.15, -0.1) is 0 Å². The van der Waals surface area contributed by atoms with Crippen LogP contribution in [0.25, 0.3) is 0 Å². The van der Waals surface area contributed by atoms with Crippen molar-refractivity contribution in [3.8, 4) is 5.75 Å². The molecule has 1 aromatic carbocycles. The number of nitrogens with zero attached hydrogens (tertiary/aromatic N) is 1. The van der Waals surface area contributed by atoms with Gasteiger partial charge in [0, 0.05) is 16.3 Å². The molecule has 15 heavy (non-hydrogen) atoms. The van der Waals surface area contributed by atoms with E-state index in [1.54, 1.807) is 13.0 Å². The first-order valence-electron chi connectivity index (χ1n) is 4.22. The van der Waals surface area contributed by atoms with Crippen LogP contribution in [0.2, 0.25) is 5.02 Å². The predicted molar refractivity (Wildman–Crippen MR) is 57.8 cm³/mol. The minimum atomic E-state index is -1.02. The van der Waals surface area contributed by atoms with E-state index in [0.29, 0.717) is 16.3 Å². The smallest absolute Gasteiger partial charge is 0.325 e. The highest BCUT2D eigenvalue weighted by Gasteiger charge is 2.05. The predicted octanol–water partition coefficient (Wildman–Crippen LogP) is 1.94. The molecule has 0 atom stereocenters. The fourth-order valence-electron chi connectivity index (χ4n) is 1.07. The molecular formula is C10H10ClNO3. The molecule has 5 heteroatoms. The summed E-state index contributed by atoms with van der Waals surface area (Å²) in [5.41, 5.74) is 0.890. The van der Waals surface area contributed by atoms with Gasteiger partial charge in [-0.05, 0) is 25.1 Å². The van der Waals surface area contributed by atoms with E-state index >= 15 is 0 Å². The Morgan fingerprint density at radius 1 is 1.53 bits per heavy atom. The van der Waals surface area contributed by atoms with Gasteiger partial charge in [-0.3, -0.25) is 9.79 Å². The van der Waals surface area contributed by atoms with Crippen molar-refractivity contribution in [1.29, 1.82) is 0 Å². The molecule has 80 valence electrons. The van der Waals surface area contributed by atoms with Crippen LogP contribution in [0.3, 0.4) is 0 Å². The van der Waals surface area contributed by atoms with Gasteiger partial charge in [0.2, 0.25) is 0 Å². The molecule has 1 aromatic rings. The van der Waals surface area contributed by atoms with Crippen molar-refractivity contribution in [3.63, 3.8) is 0 Å². The van der Waals surface area contributed by atoms with Crippen molar-refractivity contribution in [2.45, 2.75) is 6.92 Å². The molecule has 0 aliphatic heterocycles. The summed E-state index contributed by atoms with van der Waals surface area (Å²) in [6, 6.07) is 4.53. The van der Waals surface area contributed by atoms with Gasteiger partial charge in [0.15, 0.2) is 0 Å². The number of phenolic OH excluding ortho intramolecular Hbond substituents is 1. The van der Waals surface area contributed by atoms with E-state index in [1.165, 1.54) is 12.1 Å². The summed E-state index contributed by atoms with van der Waals surface area (Å²) in [6.07, 6.45) is 0. The lowest BCUT2D eigenvalue weighted by Crippen LogP contribution is -2.04. The Hall–Kier alpha value is -1.55. The van der Waals surface area contributed by atoms with Crippen LogP contribution in [-0.2, 0) is 4.79 Å². The zero-order chi connectivity index (χ0) is 11.4. The third kappa shape index (κ3) is 3.25. The van der Waals surface area contributed by atoms with Gasteiger partial charge < -0.3 is 10.2 Å². The zero-order valence-electron chi connectivity index (χ0n) is 8.07. The summed E-state index contributed by atoms with van der Waals surface area (Å²) in [5, 5.41) is 18.4. The average Bonchev–Trinajstić information content (AvgIpc) is 2.18. The van der Waals surface area contributed by atoms with Crippen LogP contribution in [0.4, 0.5) is 0 Å². The molecular weight excluding hydrogens is 218 g/mol. The monoisotopic (exact) mass is 227 g/mol. The number of carbonyl (C=O) groups is 1.